The molecule has 1 atom stereocenters. The Labute approximate surface area is 109 Å². The Balaban J connectivity index is 1.69. The standard InChI is InChI=1S/C14H16F3NO/c15-14(16,17)13(6-7-13)18-9-12-11-4-2-1-3-10(11)5-8-19-12/h1-4,12,18H,5-9H2. The number of nitrogens with one attached hydrogen (secondary N) is 1. The van der Waals surface area contributed by atoms with Gasteiger partial charge < -0.3 is 10.1 Å². The Kier molecular flexibility index (Phi) is 3.06. The van der Waals surface area contributed by atoms with E-state index in [9.17, 15) is 13.2 Å². The molecular formula is C14H16F3NO. The van der Waals surface area contributed by atoms with Crippen molar-refractivity contribution in [3.05, 3.63) is 35.4 Å². The number of hydrogen-bond donors (Lipinski definition) is 1. The summed E-state index contributed by atoms with van der Waals surface area (Å²) in [5, 5.41) is 2.67. The van der Waals surface area contributed by atoms with Crippen LogP contribution in [0.15, 0.2) is 24.3 Å². The summed E-state index contributed by atoms with van der Waals surface area (Å²) < 4.78 is 44.1. The van der Waals surface area contributed by atoms with E-state index in [1.165, 1.54) is 5.56 Å². The molecule has 1 N–H and O–H groups in total. The molecule has 1 saturated carbocycles. The number of rotatable bonds is 3. The van der Waals surface area contributed by atoms with Crippen molar-refractivity contribution in [2.45, 2.75) is 37.1 Å². The Bertz CT molecular complexity index is 468. The molecule has 1 aromatic rings. The van der Waals surface area contributed by atoms with Crippen LogP contribution >= 0.6 is 0 Å². The van der Waals surface area contributed by atoms with Gasteiger partial charge in [-0.25, -0.2) is 0 Å². The summed E-state index contributed by atoms with van der Waals surface area (Å²) in [6.07, 6.45) is -3.27. The molecule has 1 heterocycles. The Morgan fingerprint density at radius 2 is 2.00 bits per heavy atom. The number of fused-ring (bicyclic) bond motifs is 1. The summed E-state index contributed by atoms with van der Waals surface area (Å²) >= 11 is 0. The van der Waals surface area contributed by atoms with Crippen molar-refractivity contribution in [1.82, 2.24) is 5.32 Å². The van der Waals surface area contributed by atoms with E-state index in [1.54, 1.807) is 0 Å². The van der Waals surface area contributed by atoms with E-state index in [0.717, 1.165) is 12.0 Å². The summed E-state index contributed by atoms with van der Waals surface area (Å²) in [5.74, 6) is 0. The van der Waals surface area contributed by atoms with Gasteiger partial charge in [0.2, 0.25) is 0 Å². The van der Waals surface area contributed by atoms with E-state index in [4.69, 9.17) is 4.74 Å². The smallest absolute Gasteiger partial charge is 0.372 e. The molecule has 1 fully saturated rings. The fourth-order valence-corrected chi connectivity index (χ4v) is 2.62. The zero-order valence-electron chi connectivity index (χ0n) is 10.5. The van der Waals surface area contributed by atoms with Gasteiger partial charge in [0.1, 0.15) is 5.54 Å². The van der Waals surface area contributed by atoms with E-state index >= 15 is 0 Å². The molecule has 0 saturated heterocycles. The third-order valence-electron chi connectivity index (χ3n) is 4.01. The molecule has 19 heavy (non-hydrogen) atoms. The Morgan fingerprint density at radius 1 is 1.26 bits per heavy atom. The number of halogens is 3. The third kappa shape index (κ3) is 2.37. The zero-order chi connectivity index (χ0) is 13.5. The molecule has 5 heteroatoms. The lowest BCUT2D eigenvalue weighted by atomic mass is 9.97. The highest BCUT2D eigenvalue weighted by Gasteiger charge is 2.63. The lowest BCUT2D eigenvalue weighted by Gasteiger charge is -2.29. The maximum atomic E-state index is 12.8. The second-order valence-corrected chi connectivity index (χ2v) is 5.27. The van der Waals surface area contributed by atoms with Gasteiger partial charge in [0, 0.05) is 6.54 Å². The summed E-state index contributed by atoms with van der Waals surface area (Å²) in [5.41, 5.74) is 0.527. The Hall–Kier alpha value is -1.07. The first-order chi connectivity index (χ1) is 9.02. The highest BCUT2D eigenvalue weighted by Crippen LogP contribution is 2.49. The van der Waals surface area contributed by atoms with Crippen LogP contribution in [0.4, 0.5) is 13.2 Å². The van der Waals surface area contributed by atoms with E-state index < -0.39 is 11.7 Å². The molecule has 0 spiro atoms. The third-order valence-corrected chi connectivity index (χ3v) is 4.01. The van der Waals surface area contributed by atoms with Gasteiger partial charge in [-0.3, -0.25) is 0 Å². The maximum absolute atomic E-state index is 12.8. The second-order valence-electron chi connectivity index (χ2n) is 5.27. The second kappa shape index (κ2) is 4.49. The van der Waals surface area contributed by atoms with Gasteiger partial charge in [0.15, 0.2) is 0 Å². The number of ether oxygens (including phenoxy) is 1. The van der Waals surface area contributed by atoms with Gasteiger partial charge in [-0.15, -0.1) is 0 Å². The van der Waals surface area contributed by atoms with E-state index in [0.29, 0.717) is 6.61 Å². The highest BCUT2D eigenvalue weighted by molar-refractivity contribution is 5.31. The normalized spacial score (nSPS) is 24.9. The maximum Gasteiger partial charge on any atom is 0.406 e. The Morgan fingerprint density at radius 3 is 2.68 bits per heavy atom. The van der Waals surface area contributed by atoms with Gasteiger partial charge in [-0.1, -0.05) is 24.3 Å². The van der Waals surface area contributed by atoms with Crippen molar-refractivity contribution in [1.29, 1.82) is 0 Å². The van der Waals surface area contributed by atoms with Crippen LogP contribution in [0.2, 0.25) is 0 Å². The molecule has 0 radical (unpaired) electrons. The quantitative estimate of drug-likeness (QED) is 0.912. The fraction of sp³-hybridized carbons (Fsp3) is 0.571. The lowest BCUT2D eigenvalue weighted by Crippen LogP contribution is -2.47. The van der Waals surface area contributed by atoms with Crippen molar-refractivity contribution >= 4 is 0 Å². The summed E-state index contributed by atoms with van der Waals surface area (Å²) in [6.45, 7) is 0.791. The summed E-state index contributed by atoms with van der Waals surface area (Å²) in [7, 11) is 0. The van der Waals surface area contributed by atoms with Gasteiger partial charge in [-0.05, 0) is 30.4 Å². The number of benzene rings is 1. The topological polar surface area (TPSA) is 21.3 Å². The van der Waals surface area contributed by atoms with Crippen molar-refractivity contribution in [3.8, 4) is 0 Å². The van der Waals surface area contributed by atoms with Gasteiger partial charge in [0.25, 0.3) is 0 Å². The first-order valence-electron chi connectivity index (χ1n) is 6.53. The van der Waals surface area contributed by atoms with Crippen LogP contribution in [0.25, 0.3) is 0 Å². The van der Waals surface area contributed by atoms with Gasteiger partial charge >= 0.3 is 6.18 Å². The van der Waals surface area contributed by atoms with Crippen molar-refractivity contribution < 1.29 is 17.9 Å². The van der Waals surface area contributed by atoms with Crippen LogP contribution < -0.4 is 5.32 Å². The molecule has 3 rings (SSSR count). The summed E-state index contributed by atoms with van der Waals surface area (Å²) in [6, 6.07) is 7.80. The van der Waals surface area contributed by atoms with Crippen LogP contribution in [0.1, 0.15) is 30.1 Å². The zero-order valence-corrected chi connectivity index (χ0v) is 10.5. The molecule has 1 unspecified atom stereocenters. The predicted molar refractivity (Wildman–Crippen MR) is 64.9 cm³/mol. The van der Waals surface area contributed by atoms with Crippen LogP contribution in [0.3, 0.4) is 0 Å². The molecule has 0 bridgehead atoms. The van der Waals surface area contributed by atoms with E-state index in [2.05, 4.69) is 5.32 Å². The van der Waals surface area contributed by atoms with Crippen molar-refractivity contribution in [3.63, 3.8) is 0 Å². The summed E-state index contributed by atoms with van der Waals surface area (Å²) in [4.78, 5) is 0. The largest absolute Gasteiger partial charge is 0.406 e. The molecule has 0 amide bonds. The predicted octanol–water partition coefficient (Wildman–Crippen LogP) is 2.98. The average Bonchev–Trinajstić information content (AvgIpc) is 3.17. The van der Waals surface area contributed by atoms with Crippen molar-refractivity contribution in [2.75, 3.05) is 13.2 Å². The molecular weight excluding hydrogens is 255 g/mol. The minimum atomic E-state index is -4.17. The first-order valence-corrected chi connectivity index (χ1v) is 6.53. The van der Waals surface area contributed by atoms with Crippen LogP contribution in [-0.4, -0.2) is 24.9 Å². The fourth-order valence-electron chi connectivity index (χ4n) is 2.62. The van der Waals surface area contributed by atoms with Gasteiger partial charge in [0.05, 0.1) is 12.7 Å². The van der Waals surface area contributed by atoms with Crippen LogP contribution in [0, 0.1) is 0 Å². The van der Waals surface area contributed by atoms with Crippen LogP contribution in [-0.2, 0) is 11.2 Å². The molecule has 2 nitrogen and oxygen atoms in total. The number of alkyl halides is 3. The molecule has 0 aromatic heterocycles. The van der Waals surface area contributed by atoms with E-state index in [-0.39, 0.29) is 25.5 Å². The molecule has 1 aliphatic carbocycles. The SMILES string of the molecule is FC(F)(F)C1(NCC2OCCc3ccccc32)CC1. The molecule has 1 aromatic carbocycles. The lowest BCUT2D eigenvalue weighted by molar-refractivity contribution is -0.167. The monoisotopic (exact) mass is 271 g/mol. The highest BCUT2D eigenvalue weighted by atomic mass is 19.4. The molecule has 104 valence electrons. The van der Waals surface area contributed by atoms with Crippen molar-refractivity contribution in [2.24, 2.45) is 0 Å². The van der Waals surface area contributed by atoms with Gasteiger partial charge in [-0.2, -0.15) is 13.2 Å². The average molecular weight is 271 g/mol. The van der Waals surface area contributed by atoms with Crippen LogP contribution in [0.5, 0.6) is 0 Å². The van der Waals surface area contributed by atoms with E-state index in [1.807, 2.05) is 24.3 Å². The first kappa shape index (κ1) is 12.9. The minimum Gasteiger partial charge on any atom is -0.372 e. The minimum absolute atomic E-state index is 0.171. The molecule has 1 aliphatic heterocycles. The molecule has 2 aliphatic rings. The number of hydrogen-bond acceptors (Lipinski definition) is 2.